The van der Waals surface area contributed by atoms with Gasteiger partial charge in [-0.1, -0.05) is 6.42 Å². The molecule has 3 atom stereocenters. The lowest BCUT2D eigenvalue weighted by molar-refractivity contribution is -0.129. The molecular weight excluding hydrogens is 216 g/mol. The van der Waals surface area contributed by atoms with E-state index < -0.39 is 6.10 Å². The van der Waals surface area contributed by atoms with Gasteiger partial charge in [0.2, 0.25) is 5.91 Å². The average molecular weight is 240 g/mol. The van der Waals surface area contributed by atoms with E-state index in [1.165, 1.54) is 39.0 Å². The predicted molar refractivity (Wildman–Crippen MR) is 66.7 cm³/mol. The Labute approximate surface area is 104 Å². The first-order chi connectivity index (χ1) is 8.08. The molecule has 4 heteroatoms. The minimum Gasteiger partial charge on any atom is -0.390 e. The second kappa shape index (κ2) is 5.36. The lowest BCUT2D eigenvalue weighted by atomic mass is 10.0. The second-order valence-electron chi connectivity index (χ2n) is 5.57. The van der Waals surface area contributed by atoms with Crippen molar-refractivity contribution in [2.24, 2.45) is 0 Å². The molecule has 2 bridgehead atoms. The van der Waals surface area contributed by atoms with E-state index >= 15 is 0 Å². The molecule has 0 spiro atoms. The maximum atomic E-state index is 11.1. The molecule has 17 heavy (non-hydrogen) atoms. The van der Waals surface area contributed by atoms with E-state index in [0.29, 0.717) is 18.6 Å². The molecule has 0 aliphatic carbocycles. The Morgan fingerprint density at radius 3 is 2.47 bits per heavy atom. The molecule has 2 fully saturated rings. The molecule has 0 aromatic heterocycles. The SMILES string of the molecule is CC(=O)N(C)C[C@H](O)CN1[C@@H]2CCC[C@H]1CC2. The highest BCUT2D eigenvalue weighted by Gasteiger charge is 2.37. The van der Waals surface area contributed by atoms with Crippen molar-refractivity contribution in [3.8, 4) is 0 Å². The standard InChI is InChI=1S/C13H24N2O2/c1-10(16)14(2)8-13(17)9-15-11-4-3-5-12(15)7-6-11/h11-13,17H,3-9H2,1-2H3/t11-,12+,13-/m0/s1. The summed E-state index contributed by atoms with van der Waals surface area (Å²) in [5.41, 5.74) is 0. The third-order valence-electron chi connectivity index (χ3n) is 4.29. The Kier molecular flexibility index (Phi) is 4.05. The van der Waals surface area contributed by atoms with Gasteiger partial charge in [-0.15, -0.1) is 0 Å². The van der Waals surface area contributed by atoms with Crippen LogP contribution in [0.2, 0.25) is 0 Å². The third kappa shape index (κ3) is 2.99. The Morgan fingerprint density at radius 2 is 1.94 bits per heavy atom. The number of aliphatic hydroxyl groups is 1. The molecule has 2 saturated heterocycles. The first kappa shape index (κ1) is 12.8. The van der Waals surface area contributed by atoms with Crippen molar-refractivity contribution in [1.29, 1.82) is 0 Å². The number of hydrogen-bond acceptors (Lipinski definition) is 3. The number of hydrogen-bond donors (Lipinski definition) is 1. The van der Waals surface area contributed by atoms with E-state index in [9.17, 15) is 9.90 Å². The lowest BCUT2D eigenvalue weighted by Gasteiger charge is -2.36. The summed E-state index contributed by atoms with van der Waals surface area (Å²) in [6, 6.07) is 1.37. The summed E-state index contributed by atoms with van der Waals surface area (Å²) in [7, 11) is 1.75. The molecule has 2 aliphatic heterocycles. The number of amides is 1. The number of carbonyl (C=O) groups excluding carboxylic acids is 1. The maximum absolute atomic E-state index is 11.1. The van der Waals surface area contributed by atoms with Gasteiger partial charge in [0.05, 0.1) is 6.10 Å². The van der Waals surface area contributed by atoms with Crippen LogP contribution in [0.25, 0.3) is 0 Å². The van der Waals surface area contributed by atoms with E-state index in [4.69, 9.17) is 0 Å². The van der Waals surface area contributed by atoms with E-state index in [2.05, 4.69) is 4.90 Å². The van der Waals surface area contributed by atoms with Gasteiger partial charge in [-0.25, -0.2) is 0 Å². The highest BCUT2D eigenvalue weighted by atomic mass is 16.3. The summed E-state index contributed by atoms with van der Waals surface area (Å²) >= 11 is 0. The molecule has 0 saturated carbocycles. The number of aliphatic hydroxyl groups excluding tert-OH is 1. The summed E-state index contributed by atoms with van der Waals surface area (Å²) in [5.74, 6) is 0.0191. The topological polar surface area (TPSA) is 43.8 Å². The van der Waals surface area contributed by atoms with Crippen molar-refractivity contribution in [1.82, 2.24) is 9.80 Å². The van der Waals surface area contributed by atoms with E-state index in [0.717, 1.165) is 6.54 Å². The van der Waals surface area contributed by atoms with Crippen molar-refractivity contribution < 1.29 is 9.90 Å². The van der Waals surface area contributed by atoms with E-state index in [1.807, 2.05) is 0 Å². The summed E-state index contributed by atoms with van der Waals surface area (Å²) in [6.07, 6.45) is 6.08. The minimum atomic E-state index is -0.412. The van der Waals surface area contributed by atoms with Crippen LogP contribution in [-0.2, 0) is 4.79 Å². The normalized spacial score (nSPS) is 30.3. The third-order valence-corrected chi connectivity index (χ3v) is 4.29. The average Bonchev–Trinajstić information content (AvgIpc) is 2.51. The van der Waals surface area contributed by atoms with Crippen LogP contribution in [-0.4, -0.2) is 59.1 Å². The second-order valence-corrected chi connectivity index (χ2v) is 5.57. The van der Waals surface area contributed by atoms with Gasteiger partial charge in [-0.2, -0.15) is 0 Å². The first-order valence-electron chi connectivity index (χ1n) is 6.73. The van der Waals surface area contributed by atoms with Crippen molar-refractivity contribution in [2.75, 3.05) is 20.1 Å². The van der Waals surface area contributed by atoms with Crippen LogP contribution in [0.15, 0.2) is 0 Å². The van der Waals surface area contributed by atoms with Crippen LogP contribution in [0.4, 0.5) is 0 Å². The Balaban J connectivity index is 1.82. The minimum absolute atomic E-state index is 0.0191. The Hall–Kier alpha value is -0.610. The van der Waals surface area contributed by atoms with Crippen molar-refractivity contribution in [3.05, 3.63) is 0 Å². The molecule has 98 valence electrons. The number of rotatable bonds is 4. The zero-order valence-corrected chi connectivity index (χ0v) is 10.9. The van der Waals surface area contributed by atoms with E-state index in [1.54, 1.807) is 11.9 Å². The fraction of sp³-hybridized carbons (Fsp3) is 0.923. The van der Waals surface area contributed by atoms with Gasteiger partial charge in [0.15, 0.2) is 0 Å². The molecule has 4 nitrogen and oxygen atoms in total. The number of piperidine rings is 1. The number of carbonyl (C=O) groups is 1. The van der Waals surface area contributed by atoms with Gasteiger partial charge >= 0.3 is 0 Å². The van der Waals surface area contributed by atoms with Crippen LogP contribution in [0.1, 0.15) is 39.0 Å². The van der Waals surface area contributed by atoms with Crippen LogP contribution >= 0.6 is 0 Å². The van der Waals surface area contributed by atoms with Gasteiger partial charge < -0.3 is 10.0 Å². The molecule has 0 aromatic carbocycles. The molecule has 2 heterocycles. The van der Waals surface area contributed by atoms with Crippen molar-refractivity contribution in [3.63, 3.8) is 0 Å². The Bertz CT molecular complexity index is 267. The van der Waals surface area contributed by atoms with Gasteiger partial charge in [0.1, 0.15) is 0 Å². The molecule has 1 amide bonds. The summed E-state index contributed by atoms with van der Waals surface area (Å²) in [5, 5.41) is 10.0. The largest absolute Gasteiger partial charge is 0.390 e. The van der Waals surface area contributed by atoms with E-state index in [-0.39, 0.29) is 5.91 Å². The summed E-state index contributed by atoms with van der Waals surface area (Å²) < 4.78 is 0. The molecule has 0 unspecified atom stereocenters. The van der Waals surface area contributed by atoms with Crippen molar-refractivity contribution >= 4 is 5.91 Å². The maximum Gasteiger partial charge on any atom is 0.219 e. The fourth-order valence-corrected chi connectivity index (χ4v) is 3.27. The van der Waals surface area contributed by atoms with Crippen LogP contribution in [0.3, 0.4) is 0 Å². The quantitative estimate of drug-likeness (QED) is 0.792. The number of nitrogens with zero attached hydrogens (tertiary/aromatic N) is 2. The molecule has 2 aliphatic rings. The highest BCUT2D eigenvalue weighted by molar-refractivity contribution is 5.72. The molecular formula is C13H24N2O2. The highest BCUT2D eigenvalue weighted by Crippen LogP contribution is 2.35. The zero-order valence-electron chi connectivity index (χ0n) is 10.9. The fourth-order valence-electron chi connectivity index (χ4n) is 3.27. The van der Waals surface area contributed by atoms with Gasteiger partial charge in [-0.05, 0) is 25.7 Å². The molecule has 0 aromatic rings. The Morgan fingerprint density at radius 1 is 1.35 bits per heavy atom. The summed E-state index contributed by atoms with van der Waals surface area (Å²) in [4.78, 5) is 15.2. The lowest BCUT2D eigenvalue weighted by Crippen LogP contribution is -2.47. The van der Waals surface area contributed by atoms with Gasteiger partial charge in [0, 0.05) is 39.1 Å². The molecule has 2 rings (SSSR count). The summed E-state index contributed by atoms with van der Waals surface area (Å²) in [6.45, 7) is 2.72. The first-order valence-corrected chi connectivity index (χ1v) is 6.73. The van der Waals surface area contributed by atoms with Gasteiger partial charge in [-0.3, -0.25) is 9.69 Å². The van der Waals surface area contributed by atoms with Crippen LogP contribution < -0.4 is 0 Å². The molecule has 0 radical (unpaired) electrons. The molecule has 1 N–H and O–H groups in total. The van der Waals surface area contributed by atoms with Gasteiger partial charge in [0.25, 0.3) is 0 Å². The smallest absolute Gasteiger partial charge is 0.219 e. The zero-order chi connectivity index (χ0) is 12.4. The monoisotopic (exact) mass is 240 g/mol. The number of fused-ring (bicyclic) bond motifs is 2. The predicted octanol–water partition coefficient (Wildman–Crippen LogP) is 0.843. The van der Waals surface area contributed by atoms with Crippen LogP contribution in [0.5, 0.6) is 0 Å². The number of likely N-dealkylation sites (N-methyl/N-ethyl adjacent to an activating group) is 1. The van der Waals surface area contributed by atoms with Crippen LogP contribution in [0, 0.1) is 0 Å². The van der Waals surface area contributed by atoms with Crippen molar-refractivity contribution in [2.45, 2.75) is 57.2 Å².